The maximum Gasteiger partial charge on any atom is 0.121 e. The molecule has 2 heterocycles. The van der Waals surface area contributed by atoms with Crippen molar-refractivity contribution in [2.75, 3.05) is 13.2 Å². The van der Waals surface area contributed by atoms with Gasteiger partial charge in [-0.1, -0.05) is 6.92 Å². The second kappa shape index (κ2) is 3.31. The summed E-state index contributed by atoms with van der Waals surface area (Å²) in [5.74, 6) is 1.20. The first-order chi connectivity index (χ1) is 8.49. The van der Waals surface area contributed by atoms with E-state index in [1.54, 1.807) is 0 Å². The predicted molar refractivity (Wildman–Crippen MR) is 67.2 cm³/mol. The summed E-state index contributed by atoms with van der Waals surface area (Å²) >= 11 is 0. The van der Waals surface area contributed by atoms with Crippen molar-refractivity contribution in [1.82, 2.24) is 0 Å². The lowest BCUT2D eigenvalue weighted by Crippen LogP contribution is -2.54. The fourth-order valence-corrected chi connectivity index (χ4v) is 4.78. The average Bonchev–Trinajstić information content (AvgIpc) is 3.23. The van der Waals surface area contributed by atoms with E-state index in [2.05, 4.69) is 13.8 Å². The van der Waals surface area contributed by atoms with Crippen LogP contribution in [0.25, 0.3) is 0 Å². The van der Waals surface area contributed by atoms with Crippen molar-refractivity contribution in [3.8, 4) is 0 Å². The van der Waals surface area contributed by atoms with E-state index in [9.17, 15) is 5.11 Å². The highest BCUT2D eigenvalue weighted by molar-refractivity contribution is 5.15. The van der Waals surface area contributed by atoms with E-state index in [4.69, 9.17) is 9.47 Å². The molecule has 18 heavy (non-hydrogen) atoms. The summed E-state index contributed by atoms with van der Waals surface area (Å²) < 4.78 is 11.4. The Hall–Kier alpha value is -0.120. The van der Waals surface area contributed by atoms with Gasteiger partial charge in [-0.25, -0.2) is 0 Å². The molecule has 0 unspecified atom stereocenters. The minimum absolute atomic E-state index is 0.139. The van der Waals surface area contributed by atoms with E-state index >= 15 is 0 Å². The molecule has 0 aromatic heterocycles. The van der Waals surface area contributed by atoms with Crippen LogP contribution in [0.4, 0.5) is 0 Å². The molecule has 0 aromatic carbocycles. The molecule has 6 atom stereocenters. The van der Waals surface area contributed by atoms with Crippen LogP contribution in [0.2, 0.25) is 0 Å². The number of aliphatic hydroxyl groups is 1. The second-order valence-electron chi connectivity index (χ2n) is 7.58. The first kappa shape index (κ1) is 11.7. The smallest absolute Gasteiger partial charge is 0.121 e. The van der Waals surface area contributed by atoms with Gasteiger partial charge in [0.15, 0.2) is 0 Å². The molecule has 2 aliphatic heterocycles. The first-order valence-corrected chi connectivity index (χ1v) is 7.45. The van der Waals surface area contributed by atoms with Crippen LogP contribution in [-0.2, 0) is 9.47 Å². The first-order valence-electron chi connectivity index (χ1n) is 7.45. The molecular formula is C15H24O3. The molecule has 102 valence electrons. The molecular weight excluding hydrogens is 228 g/mol. The molecule has 0 bridgehead atoms. The Bertz CT molecular complexity index is 370. The SMILES string of the molecule is C[C@@]12CC[C@H]([C@]3(C)CO3)C[C@H]1[C@@]1(CO1)[C@H](O)CC2. The number of rotatable bonds is 1. The second-order valence-corrected chi connectivity index (χ2v) is 7.58. The standard InChI is InChI=1S/C15H24O3/c1-13-5-3-10(14(2)8-17-14)7-11(13)15(9-18-15)12(16)4-6-13/h10-12,16H,3-9H2,1-2H3/t10-,11+,12+,13-,14-,15-/m0/s1. The predicted octanol–water partition coefficient (Wildman–Crippen LogP) is 2.12. The summed E-state index contributed by atoms with van der Waals surface area (Å²) in [4.78, 5) is 0. The summed E-state index contributed by atoms with van der Waals surface area (Å²) in [5.41, 5.74) is 0.341. The number of fused-ring (bicyclic) bond motifs is 2. The molecule has 3 heteroatoms. The molecule has 2 saturated heterocycles. The molecule has 2 saturated carbocycles. The molecule has 2 aliphatic carbocycles. The number of hydrogen-bond acceptors (Lipinski definition) is 3. The minimum Gasteiger partial charge on any atom is -0.390 e. The Morgan fingerprint density at radius 3 is 2.33 bits per heavy atom. The van der Waals surface area contributed by atoms with Crippen molar-refractivity contribution in [3.05, 3.63) is 0 Å². The largest absolute Gasteiger partial charge is 0.390 e. The van der Waals surface area contributed by atoms with E-state index in [1.165, 1.54) is 19.3 Å². The summed E-state index contributed by atoms with van der Waals surface area (Å²) in [7, 11) is 0. The van der Waals surface area contributed by atoms with E-state index in [0.717, 1.165) is 26.1 Å². The van der Waals surface area contributed by atoms with Crippen molar-refractivity contribution >= 4 is 0 Å². The lowest BCUT2D eigenvalue weighted by molar-refractivity contribution is -0.0964. The highest BCUT2D eigenvalue weighted by Crippen LogP contribution is 2.62. The summed E-state index contributed by atoms with van der Waals surface area (Å²) in [5, 5.41) is 10.3. The van der Waals surface area contributed by atoms with Crippen LogP contribution in [0.3, 0.4) is 0 Å². The lowest BCUT2D eigenvalue weighted by atomic mass is 9.53. The fraction of sp³-hybridized carbons (Fsp3) is 1.00. The molecule has 4 aliphatic rings. The van der Waals surface area contributed by atoms with Gasteiger partial charge in [-0.15, -0.1) is 0 Å². The van der Waals surface area contributed by atoms with Crippen LogP contribution < -0.4 is 0 Å². The van der Waals surface area contributed by atoms with Gasteiger partial charge in [0.1, 0.15) is 5.60 Å². The van der Waals surface area contributed by atoms with Crippen LogP contribution in [0.15, 0.2) is 0 Å². The Morgan fingerprint density at radius 2 is 1.72 bits per heavy atom. The summed E-state index contributed by atoms with van der Waals surface area (Å²) in [6.45, 7) is 6.37. The van der Waals surface area contributed by atoms with Gasteiger partial charge < -0.3 is 14.6 Å². The minimum atomic E-state index is -0.234. The van der Waals surface area contributed by atoms with Gasteiger partial charge in [-0.3, -0.25) is 0 Å². The van der Waals surface area contributed by atoms with Gasteiger partial charge in [0.05, 0.1) is 24.9 Å². The zero-order valence-corrected chi connectivity index (χ0v) is 11.4. The van der Waals surface area contributed by atoms with Gasteiger partial charge in [0, 0.05) is 0 Å². The number of epoxide rings is 2. The van der Waals surface area contributed by atoms with E-state index in [-0.39, 0.29) is 17.3 Å². The van der Waals surface area contributed by atoms with Gasteiger partial charge in [-0.05, 0) is 56.3 Å². The van der Waals surface area contributed by atoms with Gasteiger partial charge in [-0.2, -0.15) is 0 Å². The molecule has 1 N–H and O–H groups in total. The van der Waals surface area contributed by atoms with Crippen LogP contribution in [-0.4, -0.2) is 35.6 Å². The fourth-order valence-electron chi connectivity index (χ4n) is 4.78. The maximum atomic E-state index is 10.3. The molecule has 4 fully saturated rings. The van der Waals surface area contributed by atoms with Crippen molar-refractivity contribution < 1.29 is 14.6 Å². The Balaban J connectivity index is 1.62. The highest BCUT2D eigenvalue weighted by Gasteiger charge is 2.66. The monoisotopic (exact) mass is 252 g/mol. The molecule has 4 rings (SSSR count). The van der Waals surface area contributed by atoms with Crippen LogP contribution in [0, 0.1) is 17.3 Å². The molecule has 0 amide bonds. The third-order valence-corrected chi connectivity index (χ3v) is 6.51. The summed E-state index contributed by atoms with van der Waals surface area (Å²) in [6, 6.07) is 0. The third kappa shape index (κ3) is 1.41. The lowest BCUT2D eigenvalue weighted by Gasteiger charge is -2.52. The Labute approximate surface area is 109 Å². The van der Waals surface area contributed by atoms with Crippen molar-refractivity contribution in [1.29, 1.82) is 0 Å². The zero-order valence-electron chi connectivity index (χ0n) is 11.4. The van der Waals surface area contributed by atoms with E-state index in [0.29, 0.717) is 17.3 Å². The van der Waals surface area contributed by atoms with Crippen LogP contribution >= 0.6 is 0 Å². The summed E-state index contributed by atoms with van der Waals surface area (Å²) in [6.07, 6.45) is 5.60. The van der Waals surface area contributed by atoms with Gasteiger partial charge >= 0.3 is 0 Å². The van der Waals surface area contributed by atoms with Gasteiger partial charge in [0.2, 0.25) is 0 Å². The molecule has 0 radical (unpaired) electrons. The number of aliphatic hydroxyl groups excluding tert-OH is 1. The van der Waals surface area contributed by atoms with E-state index in [1.807, 2.05) is 0 Å². The number of ether oxygens (including phenoxy) is 2. The van der Waals surface area contributed by atoms with E-state index < -0.39 is 0 Å². The van der Waals surface area contributed by atoms with Gasteiger partial charge in [0.25, 0.3) is 0 Å². The molecule has 3 nitrogen and oxygen atoms in total. The maximum absolute atomic E-state index is 10.3. The third-order valence-electron chi connectivity index (χ3n) is 6.51. The van der Waals surface area contributed by atoms with Crippen molar-refractivity contribution in [2.45, 2.75) is 63.3 Å². The Kier molecular flexibility index (Phi) is 2.15. The van der Waals surface area contributed by atoms with Crippen LogP contribution in [0.5, 0.6) is 0 Å². The van der Waals surface area contributed by atoms with Crippen LogP contribution in [0.1, 0.15) is 46.0 Å². The molecule has 0 aromatic rings. The van der Waals surface area contributed by atoms with Crippen molar-refractivity contribution in [2.24, 2.45) is 17.3 Å². The Morgan fingerprint density at radius 1 is 1.06 bits per heavy atom. The zero-order chi connectivity index (χ0) is 12.6. The van der Waals surface area contributed by atoms with Crippen molar-refractivity contribution in [3.63, 3.8) is 0 Å². The number of hydrogen-bond donors (Lipinski definition) is 1. The topological polar surface area (TPSA) is 45.3 Å². The quantitative estimate of drug-likeness (QED) is 0.727. The molecule has 1 spiro atoms. The normalized spacial score (nSPS) is 62.5. The average molecular weight is 252 g/mol. The highest BCUT2D eigenvalue weighted by atomic mass is 16.6.